The van der Waals surface area contributed by atoms with E-state index in [-0.39, 0.29) is 17.7 Å². The van der Waals surface area contributed by atoms with E-state index < -0.39 is 12.1 Å². The second kappa shape index (κ2) is 9.73. The molecule has 0 saturated carbocycles. The molecule has 7 heteroatoms. The van der Waals surface area contributed by atoms with Gasteiger partial charge in [0.1, 0.15) is 5.76 Å². The molecular weight excluding hydrogens is 370 g/mol. The number of amides is 1. The number of aromatic nitrogens is 2. The summed E-state index contributed by atoms with van der Waals surface area (Å²) in [6.07, 6.45) is 4.24. The van der Waals surface area contributed by atoms with Crippen LogP contribution in [0.1, 0.15) is 54.6 Å². The monoisotopic (exact) mass is 395 g/mol. The number of esters is 1. The van der Waals surface area contributed by atoms with Crippen LogP contribution in [-0.2, 0) is 16.1 Å². The Bertz CT molecular complexity index is 919. The predicted octanol–water partition coefficient (Wildman–Crippen LogP) is 3.73. The van der Waals surface area contributed by atoms with Crippen LogP contribution < -0.4 is 5.32 Å². The van der Waals surface area contributed by atoms with Gasteiger partial charge in [-0.25, -0.2) is 4.79 Å². The molecule has 2 heterocycles. The van der Waals surface area contributed by atoms with Crippen LogP contribution in [0.2, 0.25) is 0 Å². The Kier molecular flexibility index (Phi) is 6.84. The Morgan fingerprint density at radius 1 is 1.17 bits per heavy atom. The molecule has 0 aliphatic rings. The zero-order valence-electron chi connectivity index (χ0n) is 16.6. The van der Waals surface area contributed by atoms with Crippen LogP contribution in [0.3, 0.4) is 0 Å². The van der Waals surface area contributed by atoms with Gasteiger partial charge < -0.3 is 14.5 Å². The summed E-state index contributed by atoms with van der Waals surface area (Å²) in [5, 5.41) is 7.06. The summed E-state index contributed by atoms with van der Waals surface area (Å²) in [5.74, 6) is -0.389. The molecule has 0 fully saturated rings. The predicted molar refractivity (Wildman–Crippen MR) is 107 cm³/mol. The van der Waals surface area contributed by atoms with Gasteiger partial charge in [-0.1, -0.05) is 43.7 Å². The van der Waals surface area contributed by atoms with Gasteiger partial charge in [0.15, 0.2) is 6.10 Å². The molecule has 0 saturated heterocycles. The summed E-state index contributed by atoms with van der Waals surface area (Å²) in [4.78, 5) is 24.9. The van der Waals surface area contributed by atoms with Gasteiger partial charge in [0.05, 0.1) is 12.6 Å². The Morgan fingerprint density at radius 3 is 2.66 bits per heavy atom. The van der Waals surface area contributed by atoms with Crippen molar-refractivity contribution >= 4 is 11.9 Å². The Balaban J connectivity index is 1.57. The average Bonchev–Trinajstić information content (AvgIpc) is 3.41. The number of carbonyl (C=O) groups is 2. The summed E-state index contributed by atoms with van der Waals surface area (Å²) in [7, 11) is 0. The van der Waals surface area contributed by atoms with Crippen molar-refractivity contribution < 1.29 is 18.7 Å². The molecule has 1 N–H and O–H groups in total. The molecule has 152 valence electrons. The molecule has 0 bridgehead atoms. The molecule has 2 aromatic heterocycles. The molecule has 2 unspecified atom stereocenters. The molecule has 7 nitrogen and oxygen atoms in total. The lowest BCUT2D eigenvalue weighted by Gasteiger charge is -2.21. The third-order valence-corrected chi connectivity index (χ3v) is 4.49. The van der Waals surface area contributed by atoms with Gasteiger partial charge in [-0.15, -0.1) is 0 Å². The standard InChI is InChI=1S/C22H25N3O4/c1-3-8-19(17-9-5-4-6-10-17)24-21(26)16(2)28-22(27)20-12-11-18(29-20)15-25-14-7-13-23-25/h4-7,9-14,16,19H,3,8,15H2,1-2H3,(H,24,26). The maximum atomic E-state index is 12.6. The molecule has 1 amide bonds. The van der Waals surface area contributed by atoms with Crippen molar-refractivity contribution in [2.75, 3.05) is 0 Å². The first-order valence-electron chi connectivity index (χ1n) is 9.69. The normalized spacial score (nSPS) is 12.9. The summed E-state index contributed by atoms with van der Waals surface area (Å²) in [6.45, 7) is 4.02. The SMILES string of the molecule is CCCC(NC(=O)C(C)OC(=O)c1ccc(Cn2cccn2)o1)c1ccccc1. The average molecular weight is 395 g/mol. The van der Waals surface area contributed by atoms with Gasteiger partial charge in [0.2, 0.25) is 5.76 Å². The highest BCUT2D eigenvalue weighted by Crippen LogP contribution is 2.19. The van der Waals surface area contributed by atoms with E-state index in [2.05, 4.69) is 17.3 Å². The van der Waals surface area contributed by atoms with E-state index in [0.29, 0.717) is 12.3 Å². The van der Waals surface area contributed by atoms with E-state index in [9.17, 15) is 9.59 Å². The van der Waals surface area contributed by atoms with E-state index in [1.165, 1.54) is 6.07 Å². The van der Waals surface area contributed by atoms with Crippen molar-refractivity contribution in [2.45, 2.75) is 45.4 Å². The number of carbonyl (C=O) groups excluding carboxylic acids is 2. The van der Waals surface area contributed by atoms with Crippen LogP contribution in [-0.4, -0.2) is 27.8 Å². The largest absolute Gasteiger partial charge is 0.452 e. The quantitative estimate of drug-likeness (QED) is 0.558. The second-order valence-electron chi connectivity index (χ2n) is 6.78. The first-order valence-corrected chi connectivity index (χ1v) is 9.69. The smallest absolute Gasteiger partial charge is 0.375 e. The van der Waals surface area contributed by atoms with Crippen LogP contribution in [0.25, 0.3) is 0 Å². The third kappa shape index (κ3) is 5.57. The van der Waals surface area contributed by atoms with Crippen molar-refractivity contribution in [1.82, 2.24) is 15.1 Å². The van der Waals surface area contributed by atoms with Crippen molar-refractivity contribution in [3.05, 3.63) is 78.0 Å². The summed E-state index contributed by atoms with van der Waals surface area (Å²) in [5.41, 5.74) is 1.02. The van der Waals surface area contributed by atoms with Crippen LogP contribution in [0.4, 0.5) is 0 Å². The number of benzene rings is 1. The highest BCUT2D eigenvalue weighted by Gasteiger charge is 2.23. The molecule has 29 heavy (non-hydrogen) atoms. The maximum Gasteiger partial charge on any atom is 0.375 e. The Labute approximate surface area is 169 Å². The van der Waals surface area contributed by atoms with Crippen molar-refractivity contribution in [3.8, 4) is 0 Å². The highest BCUT2D eigenvalue weighted by atomic mass is 16.6. The number of rotatable bonds is 9. The van der Waals surface area contributed by atoms with Crippen LogP contribution in [0.15, 0.2) is 65.3 Å². The first-order chi connectivity index (χ1) is 14.1. The minimum Gasteiger partial charge on any atom is -0.452 e. The molecule has 0 aliphatic carbocycles. The lowest BCUT2D eigenvalue weighted by Crippen LogP contribution is -2.38. The summed E-state index contributed by atoms with van der Waals surface area (Å²) < 4.78 is 12.5. The van der Waals surface area contributed by atoms with Crippen LogP contribution in [0.5, 0.6) is 0 Å². The van der Waals surface area contributed by atoms with Gasteiger partial charge in [-0.3, -0.25) is 9.48 Å². The maximum absolute atomic E-state index is 12.6. The molecule has 1 aromatic carbocycles. The van der Waals surface area contributed by atoms with Gasteiger partial charge >= 0.3 is 5.97 Å². The molecule has 3 aromatic rings. The molecule has 0 aliphatic heterocycles. The van der Waals surface area contributed by atoms with E-state index >= 15 is 0 Å². The van der Waals surface area contributed by atoms with E-state index in [4.69, 9.17) is 9.15 Å². The number of furan rings is 1. The lowest BCUT2D eigenvalue weighted by atomic mass is 10.0. The lowest BCUT2D eigenvalue weighted by molar-refractivity contribution is -0.130. The first kappa shape index (κ1) is 20.4. The van der Waals surface area contributed by atoms with Crippen LogP contribution in [0, 0.1) is 0 Å². The number of ether oxygens (including phenoxy) is 1. The van der Waals surface area contributed by atoms with E-state index in [1.807, 2.05) is 30.3 Å². The number of nitrogens with one attached hydrogen (secondary N) is 1. The molecule has 3 rings (SSSR count). The fraction of sp³-hybridized carbons (Fsp3) is 0.318. The van der Waals surface area contributed by atoms with E-state index in [0.717, 1.165) is 18.4 Å². The van der Waals surface area contributed by atoms with Gasteiger partial charge in [0, 0.05) is 12.4 Å². The highest BCUT2D eigenvalue weighted by molar-refractivity contribution is 5.90. The minimum atomic E-state index is -0.940. The van der Waals surface area contributed by atoms with Gasteiger partial charge in [-0.2, -0.15) is 5.10 Å². The fourth-order valence-corrected chi connectivity index (χ4v) is 2.98. The zero-order chi connectivity index (χ0) is 20.6. The third-order valence-electron chi connectivity index (χ3n) is 4.49. The molecule has 0 radical (unpaired) electrons. The molecule has 0 spiro atoms. The van der Waals surface area contributed by atoms with E-state index in [1.54, 1.807) is 36.1 Å². The minimum absolute atomic E-state index is 0.0555. The van der Waals surface area contributed by atoms with Crippen molar-refractivity contribution in [2.24, 2.45) is 0 Å². The van der Waals surface area contributed by atoms with Crippen molar-refractivity contribution in [3.63, 3.8) is 0 Å². The zero-order valence-corrected chi connectivity index (χ0v) is 16.6. The Morgan fingerprint density at radius 2 is 1.97 bits per heavy atom. The number of hydrogen-bond acceptors (Lipinski definition) is 5. The number of nitrogens with zero attached hydrogens (tertiary/aromatic N) is 2. The molecule has 2 atom stereocenters. The van der Waals surface area contributed by atoms with Gasteiger partial charge in [0.25, 0.3) is 5.91 Å². The summed E-state index contributed by atoms with van der Waals surface area (Å²) in [6, 6.07) is 14.7. The Hall–Kier alpha value is -3.35. The number of hydrogen-bond donors (Lipinski definition) is 1. The van der Waals surface area contributed by atoms with Crippen LogP contribution >= 0.6 is 0 Å². The van der Waals surface area contributed by atoms with Crippen molar-refractivity contribution in [1.29, 1.82) is 0 Å². The second-order valence-corrected chi connectivity index (χ2v) is 6.78. The summed E-state index contributed by atoms with van der Waals surface area (Å²) >= 11 is 0. The topological polar surface area (TPSA) is 86.4 Å². The molecular formula is C22H25N3O4. The van der Waals surface area contributed by atoms with Gasteiger partial charge in [-0.05, 0) is 37.1 Å². The fourth-order valence-electron chi connectivity index (χ4n) is 2.98.